The molecule has 0 aliphatic carbocycles. The van der Waals surface area contributed by atoms with E-state index in [4.69, 9.17) is 14.2 Å². The minimum Gasteiger partial charge on any atom is -0.493 e. The second-order valence-corrected chi connectivity index (χ2v) is 5.30. The number of rotatable bonds is 8. The first-order chi connectivity index (χ1) is 12.6. The summed E-state index contributed by atoms with van der Waals surface area (Å²) in [7, 11) is 4.65. The Morgan fingerprint density at radius 2 is 1.62 bits per heavy atom. The normalized spacial score (nSPS) is 10.2. The number of hydrogen-bond donors (Lipinski definition) is 1. The summed E-state index contributed by atoms with van der Waals surface area (Å²) in [6.45, 7) is 5.11. The van der Waals surface area contributed by atoms with E-state index in [-0.39, 0.29) is 5.91 Å². The Labute approximate surface area is 153 Å². The van der Waals surface area contributed by atoms with Gasteiger partial charge in [-0.25, -0.2) is 9.97 Å². The number of ether oxygens (including phenoxy) is 3. The van der Waals surface area contributed by atoms with Crippen LogP contribution in [0, 0.1) is 0 Å². The molecule has 1 N–H and O–H groups in total. The van der Waals surface area contributed by atoms with Crippen LogP contribution in [-0.4, -0.2) is 55.2 Å². The minimum absolute atomic E-state index is 0.137. The van der Waals surface area contributed by atoms with E-state index in [1.54, 1.807) is 38.4 Å². The van der Waals surface area contributed by atoms with Gasteiger partial charge in [0.15, 0.2) is 11.5 Å². The number of carbonyl (C=O) groups is 1. The van der Waals surface area contributed by atoms with E-state index in [1.807, 2.05) is 13.8 Å². The van der Waals surface area contributed by atoms with Crippen LogP contribution in [0.25, 0.3) is 0 Å². The van der Waals surface area contributed by atoms with Crippen LogP contribution in [0.15, 0.2) is 24.5 Å². The van der Waals surface area contributed by atoms with Gasteiger partial charge >= 0.3 is 0 Å². The van der Waals surface area contributed by atoms with Gasteiger partial charge in [-0.05, 0) is 13.8 Å². The maximum atomic E-state index is 12.3. The number of benzene rings is 1. The molecule has 1 aromatic carbocycles. The molecule has 8 heteroatoms. The van der Waals surface area contributed by atoms with Gasteiger partial charge in [0.25, 0.3) is 5.91 Å². The predicted octanol–water partition coefficient (Wildman–Crippen LogP) is 2.73. The first kappa shape index (κ1) is 19.3. The van der Waals surface area contributed by atoms with Crippen molar-refractivity contribution in [3.8, 4) is 17.2 Å². The van der Waals surface area contributed by atoms with Crippen molar-refractivity contribution in [2.45, 2.75) is 13.8 Å². The predicted molar refractivity (Wildman–Crippen MR) is 98.7 cm³/mol. The van der Waals surface area contributed by atoms with Crippen molar-refractivity contribution in [1.29, 1.82) is 0 Å². The number of aromatic nitrogens is 2. The molecule has 1 amide bonds. The molecule has 0 fully saturated rings. The highest BCUT2D eigenvalue weighted by Crippen LogP contribution is 2.40. The van der Waals surface area contributed by atoms with Crippen molar-refractivity contribution in [2.24, 2.45) is 0 Å². The fraction of sp³-hybridized carbons (Fsp3) is 0.389. The van der Waals surface area contributed by atoms with Gasteiger partial charge in [-0.1, -0.05) is 0 Å². The molecule has 0 saturated heterocycles. The Morgan fingerprint density at radius 1 is 1.00 bits per heavy atom. The molecule has 8 nitrogen and oxygen atoms in total. The third kappa shape index (κ3) is 4.14. The van der Waals surface area contributed by atoms with Gasteiger partial charge in [-0.3, -0.25) is 4.79 Å². The number of amides is 1. The lowest BCUT2D eigenvalue weighted by Gasteiger charge is -2.18. The summed E-state index contributed by atoms with van der Waals surface area (Å²) in [6, 6.07) is 3.52. The summed E-state index contributed by atoms with van der Waals surface area (Å²) in [5, 5.41) is 3.11. The minimum atomic E-state index is -0.137. The average molecular weight is 360 g/mol. The third-order valence-electron chi connectivity index (χ3n) is 3.86. The first-order valence-corrected chi connectivity index (χ1v) is 8.26. The summed E-state index contributed by atoms with van der Waals surface area (Å²) in [6.07, 6.45) is 2.97. The molecule has 0 radical (unpaired) electrons. The van der Waals surface area contributed by atoms with Crippen molar-refractivity contribution in [3.63, 3.8) is 0 Å². The third-order valence-corrected chi connectivity index (χ3v) is 3.86. The highest BCUT2D eigenvalue weighted by atomic mass is 16.5. The van der Waals surface area contributed by atoms with Crippen molar-refractivity contribution < 1.29 is 19.0 Å². The molecule has 2 aromatic rings. The molecule has 0 spiro atoms. The van der Waals surface area contributed by atoms with Gasteiger partial charge in [0.1, 0.15) is 11.5 Å². The molecule has 140 valence electrons. The number of carbonyl (C=O) groups excluding carboxylic acids is 1. The van der Waals surface area contributed by atoms with Crippen LogP contribution >= 0.6 is 0 Å². The maximum absolute atomic E-state index is 12.3. The van der Waals surface area contributed by atoms with Crippen molar-refractivity contribution >= 4 is 17.4 Å². The highest BCUT2D eigenvalue weighted by Gasteiger charge is 2.16. The van der Waals surface area contributed by atoms with Crippen LogP contribution in [0.1, 0.15) is 24.3 Å². The van der Waals surface area contributed by atoms with Crippen LogP contribution in [0.2, 0.25) is 0 Å². The standard InChI is InChI=1S/C18H24N4O4/c1-6-22(7-2)18(23)13-10-20-16(11-19-13)21-12-8-14(24-3)17(26-5)15(9-12)25-4/h8-11H,6-7H2,1-5H3,(H,20,21). The Morgan fingerprint density at radius 3 is 2.04 bits per heavy atom. The van der Waals surface area contributed by atoms with Crippen LogP contribution in [-0.2, 0) is 0 Å². The summed E-state index contributed by atoms with van der Waals surface area (Å²) in [5.74, 6) is 1.91. The van der Waals surface area contributed by atoms with Crippen molar-refractivity contribution in [3.05, 3.63) is 30.2 Å². The molecular weight excluding hydrogens is 336 g/mol. The molecule has 1 aromatic heterocycles. The zero-order chi connectivity index (χ0) is 19.1. The summed E-state index contributed by atoms with van der Waals surface area (Å²) in [4.78, 5) is 22.4. The van der Waals surface area contributed by atoms with Crippen LogP contribution < -0.4 is 19.5 Å². The second-order valence-electron chi connectivity index (χ2n) is 5.30. The second kappa shape index (κ2) is 8.89. The quantitative estimate of drug-likeness (QED) is 0.774. The van der Waals surface area contributed by atoms with Gasteiger partial charge in [-0.15, -0.1) is 0 Å². The lowest BCUT2D eigenvalue weighted by atomic mass is 10.2. The number of nitrogens with one attached hydrogen (secondary N) is 1. The summed E-state index contributed by atoms with van der Waals surface area (Å²) >= 11 is 0. The van der Waals surface area contributed by atoms with E-state index in [1.165, 1.54) is 12.4 Å². The van der Waals surface area contributed by atoms with E-state index >= 15 is 0 Å². The first-order valence-electron chi connectivity index (χ1n) is 8.26. The van der Waals surface area contributed by atoms with Gasteiger partial charge in [0, 0.05) is 30.9 Å². The fourth-order valence-electron chi connectivity index (χ4n) is 2.48. The topological polar surface area (TPSA) is 85.8 Å². The molecule has 1 heterocycles. The van der Waals surface area contributed by atoms with Gasteiger partial charge in [0.2, 0.25) is 5.75 Å². The molecule has 0 atom stereocenters. The van der Waals surface area contributed by atoms with Gasteiger partial charge in [0.05, 0.1) is 33.7 Å². The van der Waals surface area contributed by atoms with Crippen molar-refractivity contribution in [1.82, 2.24) is 14.9 Å². The lowest BCUT2D eigenvalue weighted by molar-refractivity contribution is 0.0766. The average Bonchev–Trinajstić information content (AvgIpc) is 2.68. The smallest absolute Gasteiger partial charge is 0.274 e. The molecule has 0 saturated carbocycles. The van der Waals surface area contributed by atoms with Crippen LogP contribution in [0.4, 0.5) is 11.5 Å². The number of hydrogen-bond acceptors (Lipinski definition) is 7. The zero-order valence-corrected chi connectivity index (χ0v) is 15.7. The number of nitrogens with zero attached hydrogens (tertiary/aromatic N) is 3. The highest BCUT2D eigenvalue weighted by molar-refractivity contribution is 5.92. The van der Waals surface area contributed by atoms with Gasteiger partial charge < -0.3 is 24.4 Å². The molecular formula is C18H24N4O4. The lowest BCUT2D eigenvalue weighted by Crippen LogP contribution is -2.31. The SMILES string of the molecule is CCN(CC)C(=O)c1cnc(Nc2cc(OC)c(OC)c(OC)c2)cn1. The molecule has 26 heavy (non-hydrogen) atoms. The summed E-state index contributed by atoms with van der Waals surface area (Å²) in [5.41, 5.74) is 1.00. The zero-order valence-electron chi connectivity index (χ0n) is 15.7. The molecule has 0 unspecified atom stereocenters. The Kier molecular flexibility index (Phi) is 6.60. The number of anilines is 2. The van der Waals surface area contributed by atoms with E-state index < -0.39 is 0 Å². The fourth-order valence-corrected chi connectivity index (χ4v) is 2.48. The van der Waals surface area contributed by atoms with Crippen LogP contribution in [0.5, 0.6) is 17.2 Å². The number of methoxy groups -OCH3 is 3. The molecule has 0 aliphatic heterocycles. The largest absolute Gasteiger partial charge is 0.493 e. The Hall–Kier alpha value is -3.03. The maximum Gasteiger partial charge on any atom is 0.274 e. The van der Waals surface area contributed by atoms with Crippen LogP contribution in [0.3, 0.4) is 0 Å². The van der Waals surface area contributed by atoms with E-state index in [9.17, 15) is 4.79 Å². The monoisotopic (exact) mass is 360 g/mol. The van der Waals surface area contributed by atoms with E-state index in [0.717, 1.165) is 0 Å². The van der Waals surface area contributed by atoms with Crippen molar-refractivity contribution in [2.75, 3.05) is 39.7 Å². The molecule has 0 bridgehead atoms. The summed E-state index contributed by atoms with van der Waals surface area (Å²) < 4.78 is 16.0. The molecule has 2 rings (SSSR count). The Bertz CT molecular complexity index is 720. The van der Waals surface area contributed by atoms with E-state index in [0.29, 0.717) is 47.5 Å². The molecule has 0 aliphatic rings. The van der Waals surface area contributed by atoms with E-state index in [2.05, 4.69) is 15.3 Å². The Balaban J connectivity index is 2.22. The van der Waals surface area contributed by atoms with Gasteiger partial charge in [-0.2, -0.15) is 0 Å².